The summed E-state index contributed by atoms with van der Waals surface area (Å²) in [6, 6.07) is -0.490. The molecule has 0 bridgehead atoms. The summed E-state index contributed by atoms with van der Waals surface area (Å²) in [5.41, 5.74) is -0.660. The molecule has 0 radical (unpaired) electrons. The molecule has 2 amide bonds. The summed E-state index contributed by atoms with van der Waals surface area (Å²) in [6.07, 6.45) is 0. The Balaban J connectivity index is 4.52. The highest BCUT2D eigenvalue weighted by molar-refractivity contribution is 5.91. The molecule has 0 saturated carbocycles. The van der Waals surface area contributed by atoms with Crippen molar-refractivity contribution in [3.8, 4) is 0 Å². The van der Waals surface area contributed by atoms with E-state index in [0.29, 0.717) is 19.6 Å². The molecule has 0 rings (SSSR count). The Labute approximate surface area is 110 Å². The minimum Gasteiger partial charge on any atom is -0.343 e. The number of carbonyl (C=O) groups excluding carboxylic acids is 2. The largest absolute Gasteiger partial charge is 0.343 e. The molecule has 5 heteroatoms. The molecule has 0 aromatic heterocycles. The summed E-state index contributed by atoms with van der Waals surface area (Å²) >= 11 is 0. The lowest BCUT2D eigenvalue weighted by Crippen LogP contribution is -2.57. The van der Waals surface area contributed by atoms with Gasteiger partial charge in [0.1, 0.15) is 6.04 Å². The van der Waals surface area contributed by atoms with E-state index in [1.54, 1.807) is 25.7 Å². The summed E-state index contributed by atoms with van der Waals surface area (Å²) in [6.45, 7) is 13.2. The van der Waals surface area contributed by atoms with Crippen LogP contribution in [0.1, 0.15) is 41.5 Å². The molecule has 0 aromatic rings. The first-order chi connectivity index (χ1) is 8.30. The Hall–Kier alpha value is -1.10. The fourth-order valence-electron chi connectivity index (χ4n) is 1.77. The van der Waals surface area contributed by atoms with E-state index in [0.717, 1.165) is 0 Å². The Kier molecular flexibility index (Phi) is 6.91. The first-order valence-electron chi connectivity index (χ1n) is 6.64. The zero-order valence-electron chi connectivity index (χ0n) is 12.5. The number of nitrogens with one attached hydrogen (secondary N) is 2. The van der Waals surface area contributed by atoms with Gasteiger partial charge >= 0.3 is 0 Å². The van der Waals surface area contributed by atoms with Crippen LogP contribution >= 0.6 is 0 Å². The molecule has 0 saturated heterocycles. The van der Waals surface area contributed by atoms with Gasteiger partial charge in [-0.1, -0.05) is 6.92 Å². The van der Waals surface area contributed by atoms with Gasteiger partial charge in [-0.25, -0.2) is 0 Å². The van der Waals surface area contributed by atoms with Gasteiger partial charge in [0.2, 0.25) is 11.8 Å². The maximum Gasteiger partial charge on any atom is 0.244 e. The van der Waals surface area contributed by atoms with Crippen LogP contribution in [-0.2, 0) is 9.59 Å². The average molecular weight is 257 g/mol. The number of nitrogens with zero attached hydrogens (tertiary/aromatic N) is 1. The van der Waals surface area contributed by atoms with Crippen LogP contribution in [0.25, 0.3) is 0 Å². The second kappa shape index (κ2) is 7.36. The first-order valence-corrected chi connectivity index (χ1v) is 6.64. The van der Waals surface area contributed by atoms with Crippen molar-refractivity contribution in [3.63, 3.8) is 0 Å². The molecule has 0 spiro atoms. The summed E-state index contributed by atoms with van der Waals surface area (Å²) < 4.78 is 0. The number of hydrogen-bond donors (Lipinski definition) is 2. The second-order valence-corrected chi connectivity index (χ2v) is 4.86. The first kappa shape index (κ1) is 16.9. The van der Waals surface area contributed by atoms with E-state index in [4.69, 9.17) is 0 Å². The lowest BCUT2D eigenvalue weighted by atomic mass is 10.0. The SMILES string of the molecule is CCNC(C)(C)C(=O)NC(C)C(=O)N(CC)CC. The molecule has 0 aromatic carbocycles. The highest BCUT2D eigenvalue weighted by atomic mass is 16.2. The molecule has 5 nitrogen and oxygen atoms in total. The summed E-state index contributed by atoms with van der Waals surface area (Å²) in [7, 11) is 0. The topological polar surface area (TPSA) is 61.4 Å². The zero-order valence-corrected chi connectivity index (χ0v) is 12.5. The van der Waals surface area contributed by atoms with Crippen molar-refractivity contribution in [2.45, 2.75) is 53.1 Å². The summed E-state index contributed by atoms with van der Waals surface area (Å²) in [4.78, 5) is 25.8. The van der Waals surface area contributed by atoms with Crippen molar-refractivity contribution in [2.24, 2.45) is 0 Å². The number of hydrogen-bond acceptors (Lipinski definition) is 3. The Bertz CT molecular complexity index is 286. The normalized spacial score (nSPS) is 13.0. The van der Waals surface area contributed by atoms with Crippen molar-refractivity contribution < 1.29 is 9.59 Å². The monoisotopic (exact) mass is 257 g/mol. The molecule has 1 atom stereocenters. The molecule has 0 fully saturated rings. The molecule has 0 aliphatic carbocycles. The van der Waals surface area contributed by atoms with E-state index in [1.165, 1.54) is 0 Å². The third-order valence-corrected chi connectivity index (χ3v) is 2.98. The van der Waals surface area contributed by atoms with Crippen LogP contribution in [0.4, 0.5) is 0 Å². The van der Waals surface area contributed by atoms with Crippen LogP contribution in [0.5, 0.6) is 0 Å². The van der Waals surface area contributed by atoms with Crippen molar-refractivity contribution in [3.05, 3.63) is 0 Å². The van der Waals surface area contributed by atoms with Crippen LogP contribution in [0.3, 0.4) is 0 Å². The van der Waals surface area contributed by atoms with E-state index in [1.807, 2.05) is 20.8 Å². The van der Waals surface area contributed by atoms with Crippen molar-refractivity contribution in [2.75, 3.05) is 19.6 Å². The minimum atomic E-state index is -0.660. The Morgan fingerprint density at radius 2 is 1.67 bits per heavy atom. The smallest absolute Gasteiger partial charge is 0.244 e. The van der Waals surface area contributed by atoms with Gasteiger partial charge in [-0.15, -0.1) is 0 Å². The molecular weight excluding hydrogens is 230 g/mol. The number of amides is 2. The van der Waals surface area contributed by atoms with E-state index >= 15 is 0 Å². The van der Waals surface area contributed by atoms with Gasteiger partial charge in [0.25, 0.3) is 0 Å². The van der Waals surface area contributed by atoms with Gasteiger partial charge in [-0.3, -0.25) is 9.59 Å². The zero-order chi connectivity index (χ0) is 14.3. The van der Waals surface area contributed by atoms with Gasteiger partial charge in [-0.2, -0.15) is 0 Å². The van der Waals surface area contributed by atoms with Gasteiger partial charge in [-0.05, 0) is 41.2 Å². The highest BCUT2D eigenvalue weighted by Gasteiger charge is 2.29. The van der Waals surface area contributed by atoms with Gasteiger partial charge < -0.3 is 15.5 Å². The molecule has 18 heavy (non-hydrogen) atoms. The van der Waals surface area contributed by atoms with E-state index in [9.17, 15) is 9.59 Å². The molecule has 2 N–H and O–H groups in total. The number of rotatable bonds is 7. The van der Waals surface area contributed by atoms with Gasteiger partial charge in [0.15, 0.2) is 0 Å². The second-order valence-electron chi connectivity index (χ2n) is 4.86. The van der Waals surface area contributed by atoms with E-state index in [-0.39, 0.29) is 11.8 Å². The lowest BCUT2D eigenvalue weighted by Gasteiger charge is -2.28. The fraction of sp³-hybridized carbons (Fsp3) is 0.846. The average Bonchev–Trinajstić information content (AvgIpc) is 2.30. The van der Waals surface area contributed by atoms with E-state index in [2.05, 4.69) is 10.6 Å². The third kappa shape index (κ3) is 4.64. The third-order valence-electron chi connectivity index (χ3n) is 2.98. The van der Waals surface area contributed by atoms with Crippen molar-refractivity contribution in [1.82, 2.24) is 15.5 Å². The molecule has 0 aliphatic heterocycles. The predicted molar refractivity (Wildman–Crippen MR) is 73.3 cm³/mol. The molecular formula is C13H27N3O2. The predicted octanol–water partition coefficient (Wildman–Crippen LogP) is 0.748. The molecule has 0 aliphatic rings. The molecule has 0 heterocycles. The van der Waals surface area contributed by atoms with Crippen LogP contribution in [0.15, 0.2) is 0 Å². The Morgan fingerprint density at radius 1 is 1.17 bits per heavy atom. The van der Waals surface area contributed by atoms with Gasteiger partial charge in [0, 0.05) is 13.1 Å². The number of carbonyl (C=O) groups is 2. The van der Waals surface area contributed by atoms with Crippen LogP contribution in [-0.4, -0.2) is 47.9 Å². The van der Waals surface area contributed by atoms with Crippen molar-refractivity contribution in [1.29, 1.82) is 0 Å². The molecule has 106 valence electrons. The minimum absolute atomic E-state index is 0.0411. The maximum atomic E-state index is 12.0. The number of likely N-dealkylation sites (N-methyl/N-ethyl adjacent to an activating group) is 2. The maximum absolute atomic E-state index is 12.0. The fourth-order valence-corrected chi connectivity index (χ4v) is 1.77. The Morgan fingerprint density at radius 3 is 2.06 bits per heavy atom. The summed E-state index contributed by atoms with van der Waals surface area (Å²) in [5, 5.41) is 5.85. The van der Waals surface area contributed by atoms with Gasteiger partial charge in [0.05, 0.1) is 5.54 Å². The van der Waals surface area contributed by atoms with Crippen LogP contribution < -0.4 is 10.6 Å². The van der Waals surface area contributed by atoms with E-state index < -0.39 is 11.6 Å². The van der Waals surface area contributed by atoms with Crippen LogP contribution in [0.2, 0.25) is 0 Å². The standard InChI is InChI=1S/C13H27N3O2/c1-7-14-13(5,6)12(18)15-10(4)11(17)16(8-2)9-3/h10,14H,7-9H2,1-6H3,(H,15,18). The molecule has 1 unspecified atom stereocenters. The lowest BCUT2D eigenvalue weighted by molar-refractivity contribution is -0.137. The highest BCUT2D eigenvalue weighted by Crippen LogP contribution is 2.03. The quantitative estimate of drug-likeness (QED) is 0.707. The van der Waals surface area contributed by atoms with Crippen LogP contribution in [0, 0.1) is 0 Å². The van der Waals surface area contributed by atoms with Crippen molar-refractivity contribution >= 4 is 11.8 Å². The summed E-state index contributed by atoms with van der Waals surface area (Å²) in [5.74, 6) is -0.196.